The first kappa shape index (κ1) is 17.7. The highest BCUT2D eigenvalue weighted by atomic mass is 16.5. The molecule has 0 aliphatic carbocycles. The summed E-state index contributed by atoms with van der Waals surface area (Å²) in [5.41, 5.74) is 2.89. The van der Waals surface area contributed by atoms with Crippen molar-refractivity contribution in [2.45, 2.75) is 20.4 Å². The van der Waals surface area contributed by atoms with Gasteiger partial charge in [-0.25, -0.2) is 9.97 Å². The maximum Gasteiger partial charge on any atom is 0.297 e. The van der Waals surface area contributed by atoms with Gasteiger partial charge in [-0.2, -0.15) is 0 Å². The molecule has 0 aliphatic heterocycles. The Balaban J connectivity index is 1.63. The number of furan rings is 1. The van der Waals surface area contributed by atoms with Gasteiger partial charge in [0, 0.05) is 11.4 Å². The van der Waals surface area contributed by atoms with Crippen LogP contribution < -0.4 is 15.6 Å². The number of fused-ring (bicyclic) bond motifs is 3. The monoisotopic (exact) mass is 378 g/mol. The molecule has 8 heteroatoms. The third-order valence-electron chi connectivity index (χ3n) is 4.57. The predicted molar refractivity (Wildman–Crippen MR) is 105 cm³/mol. The molecule has 0 aliphatic rings. The number of methoxy groups -OCH3 is 1. The van der Waals surface area contributed by atoms with Gasteiger partial charge < -0.3 is 14.5 Å². The summed E-state index contributed by atoms with van der Waals surface area (Å²) in [5.74, 6) is 0.335. The molecule has 0 saturated carbocycles. The van der Waals surface area contributed by atoms with E-state index < -0.39 is 5.56 Å². The molecule has 28 heavy (non-hydrogen) atoms. The van der Waals surface area contributed by atoms with Crippen LogP contribution in [-0.4, -0.2) is 27.6 Å². The molecule has 1 aromatic carbocycles. The molecule has 0 radical (unpaired) electrons. The van der Waals surface area contributed by atoms with Crippen LogP contribution in [0.2, 0.25) is 0 Å². The predicted octanol–water partition coefficient (Wildman–Crippen LogP) is 2.80. The van der Waals surface area contributed by atoms with Crippen molar-refractivity contribution in [3.8, 4) is 5.75 Å². The van der Waals surface area contributed by atoms with Crippen LogP contribution in [-0.2, 0) is 11.3 Å². The van der Waals surface area contributed by atoms with E-state index in [0.29, 0.717) is 28.1 Å². The number of carbonyl (C=O) groups excluding carboxylic acids is 1. The second kappa shape index (κ2) is 6.80. The Morgan fingerprint density at radius 2 is 2.00 bits per heavy atom. The van der Waals surface area contributed by atoms with E-state index in [-0.39, 0.29) is 18.0 Å². The van der Waals surface area contributed by atoms with E-state index in [1.165, 1.54) is 10.9 Å². The fourth-order valence-electron chi connectivity index (χ4n) is 2.92. The summed E-state index contributed by atoms with van der Waals surface area (Å²) in [4.78, 5) is 33.7. The maximum absolute atomic E-state index is 12.7. The van der Waals surface area contributed by atoms with Crippen molar-refractivity contribution < 1.29 is 13.9 Å². The molecule has 0 saturated heterocycles. The zero-order chi connectivity index (χ0) is 19.8. The maximum atomic E-state index is 12.7. The highest BCUT2D eigenvalue weighted by Gasteiger charge is 2.16. The first-order chi connectivity index (χ1) is 13.5. The summed E-state index contributed by atoms with van der Waals surface area (Å²) in [6, 6.07) is 8.81. The normalized spacial score (nSPS) is 11.1. The number of rotatable bonds is 4. The summed E-state index contributed by atoms with van der Waals surface area (Å²) in [7, 11) is 1.57. The van der Waals surface area contributed by atoms with E-state index in [9.17, 15) is 9.59 Å². The lowest BCUT2D eigenvalue weighted by Gasteiger charge is -2.07. The Labute approximate surface area is 159 Å². The summed E-state index contributed by atoms with van der Waals surface area (Å²) < 4.78 is 11.9. The van der Waals surface area contributed by atoms with Gasteiger partial charge in [-0.1, -0.05) is 0 Å². The van der Waals surface area contributed by atoms with Gasteiger partial charge in [0.2, 0.25) is 17.2 Å². The molecule has 0 fully saturated rings. The van der Waals surface area contributed by atoms with Gasteiger partial charge in [-0.3, -0.25) is 14.2 Å². The van der Waals surface area contributed by atoms with Gasteiger partial charge in [0.1, 0.15) is 17.8 Å². The van der Waals surface area contributed by atoms with E-state index in [4.69, 9.17) is 9.15 Å². The van der Waals surface area contributed by atoms with Crippen LogP contribution in [0.5, 0.6) is 5.75 Å². The Hall–Kier alpha value is -3.68. The van der Waals surface area contributed by atoms with Crippen molar-refractivity contribution in [1.82, 2.24) is 14.5 Å². The molecular formula is C20H18N4O4. The molecule has 1 amide bonds. The number of aryl methyl sites for hydroxylation is 2. The molecule has 4 aromatic rings. The van der Waals surface area contributed by atoms with E-state index in [1.54, 1.807) is 31.4 Å². The zero-order valence-corrected chi connectivity index (χ0v) is 15.6. The molecule has 0 bridgehead atoms. The van der Waals surface area contributed by atoms with Crippen LogP contribution in [0, 0.1) is 13.8 Å². The zero-order valence-electron chi connectivity index (χ0n) is 15.6. The minimum Gasteiger partial charge on any atom is -0.497 e. The third-order valence-corrected chi connectivity index (χ3v) is 4.57. The topological polar surface area (TPSA) is 99.2 Å². The van der Waals surface area contributed by atoms with Gasteiger partial charge in [0.15, 0.2) is 0 Å². The standard InChI is InChI=1S/C20H18N4O4/c1-11-8-15-17-18(28-19(15)22-12(11)2)20(26)24(10-21-17)9-16(25)23-13-4-6-14(27-3)7-5-13/h4-8,10H,9H2,1-3H3,(H,23,25). The average Bonchev–Trinajstić information content (AvgIpc) is 3.03. The van der Waals surface area contributed by atoms with Gasteiger partial charge >= 0.3 is 0 Å². The number of hydrogen-bond acceptors (Lipinski definition) is 6. The van der Waals surface area contributed by atoms with Crippen LogP contribution in [0.15, 0.2) is 45.9 Å². The highest BCUT2D eigenvalue weighted by Crippen LogP contribution is 2.25. The molecule has 0 unspecified atom stereocenters. The van der Waals surface area contributed by atoms with Gasteiger partial charge in [-0.05, 0) is 49.7 Å². The number of pyridine rings is 1. The molecule has 0 spiro atoms. The fraction of sp³-hybridized carbons (Fsp3) is 0.200. The Morgan fingerprint density at radius 1 is 1.25 bits per heavy atom. The molecule has 8 nitrogen and oxygen atoms in total. The number of benzene rings is 1. The van der Waals surface area contributed by atoms with Crippen LogP contribution >= 0.6 is 0 Å². The quantitative estimate of drug-likeness (QED) is 0.586. The molecule has 142 valence electrons. The lowest BCUT2D eigenvalue weighted by atomic mass is 10.2. The van der Waals surface area contributed by atoms with Crippen molar-refractivity contribution >= 4 is 33.8 Å². The van der Waals surface area contributed by atoms with Gasteiger partial charge in [-0.15, -0.1) is 0 Å². The Bertz CT molecular complexity index is 1260. The summed E-state index contributed by atoms with van der Waals surface area (Å²) in [6.07, 6.45) is 1.35. The SMILES string of the molecule is COc1ccc(NC(=O)Cn2cnc3c(oc4nc(C)c(C)cc43)c2=O)cc1. The number of ether oxygens (including phenoxy) is 1. The molecule has 3 heterocycles. The molecule has 3 aromatic heterocycles. The van der Waals surface area contributed by atoms with Gasteiger partial charge in [0.05, 0.1) is 18.8 Å². The highest BCUT2D eigenvalue weighted by molar-refractivity contribution is 6.00. The lowest BCUT2D eigenvalue weighted by Crippen LogP contribution is -2.27. The van der Waals surface area contributed by atoms with Crippen LogP contribution in [0.25, 0.3) is 22.2 Å². The second-order valence-corrected chi connectivity index (χ2v) is 6.48. The number of anilines is 1. The van der Waals surface area contributed by atoms with Crippen molar-refractivity contribution in [1.29, 1.82) is 0 Å². The lowest BCUT2D eigenvalue weighted by molar-refractivity contribution is -0.116. The van der Waals surface area contributed by atoms with Crippen LogP contribution in [0.1, 0.15) is 11.3 Å². The van der Waals surface area contributed by atoms with Crippen molar-refractivity contribution in [2.75, 3.05) is 12.4 Å². The summed E-state index contributed by atoms with van der Waals surface area (Å²) in [5, 5.41) is 3.42. The van der Waals surface area contributed by atoms with Crippen LogP contribution in [0.3, 0.4) is 0 Å². The number of hydrogen-bond donors (Lipinski definition) is 1. The minimum absolute atomic E-state index is 0.0900. The Morgan fingerprint density at radius 3 is 2.71 bits per heavy atom. The first-order valence-corrected chi connectivity index (χ1v) is 8.66. The number of aromatic nitrogens is 3. The fourth-order valence-corrected chi connectivity index (χ4v) is 2.92. The first-order valence-electron chi connectivity index (χ1n) is 8.66. The van der Waals surface area contributed by atoms with Crippen molar-refractivity contribution in [3.63, 3.8) is 0 Å². The number of nitrogens with zero attached hydrogens (tertiary/aromatic N) is 3. The number of nitrogens with one attached hydrogen (secondary N) is 1. The molecule has 4 rings (SSSR count). The summed E-state index contributed by atoms with van der Waals surface area (Å²) in [6.45, 7) is 3.62. The largest absolute Gasteiger partial charge is 0.497 e. The number of carbonyl (C=O) groups is 1. The molecular weight excluding hydrogens is 360 g/mol. The minimum atomic E-state index is -0.428. The third kappa shape index (κ3) is 3.09. The molecule has 0 atom stereocenters. The average molecular weight is 378 g/mol. The van der Waals surface area contributed by atoms with E-state index in [0.717, 1.165) is 11.3 Å². The Kier molecular flexibility index (Phi) is 4.31. The van der Waals surface area contributed by atoms with E-state index in [1.807, 2.05) is 19.9 Å². The van der Waals surface area contributed by atoms with E-state index in [2.05, 4.69) is 15.3 Å². The van der Waals surface area contributed by atoms with Crippen LogP contribution in [0.4, 0.5) is 5.69 Å². The summed E-state index contributed by atoms with van der Waals surface area (Å²) >= 11 is 0. The molecule has 1 N–H and O–H groups in total. The number of amides is 1. The van der Waals surface area contributed by atoms with Gasteiger partial charge in [0.25, 0.3) is 5.56 Å². The van der Waals surface area contributed by atoms with Crippen molar-refractivity contribution in [2.24, 2.45) is 0 Å². The second-order valence-electron chi connectivity index (χ2n) is 6.48. The smallest absolute Gasteiger partial charge is 0.297 e. The van der Waals surface area contributed by atoms with E-state index >= 15 is 0 Å². The van der Waals surface area contributed by atoms with Crippen molar-refractivity contribution in [3.05, 3.63) is 58.3 Å².